The van der Waals surface area contributed by atoms with Crippen molar-refractivity contribution < 1.29 is 13.6 Å². The molecule has 0 radical (unpaired) electrons. The molecule has 0 bridgehead atoms. The van der Waals surface area contributed by atoms with Gasteiger partial charge in [-0.1, -0.05) is 19.9 Å². The van der Waals surface area contributed by atoms with Gasteiger partial charge in [-0.25, -0.2) is 18.7 Å². The first-order valence-corrected chi connectivity index (χ1v) is 7.90. The number of rotatable bonds is 7. The van der Waals surface area contributed by atoms with Crippen LogP contribution in [0.4, 0.5) is 20.4 Å². The molecule has 0 atom stereocenters. The molecule has 2 aromatic rings. The highest BCUT2D eigenvalue weighted by Gasteiger charge is 2.17. The summed E-state index contributed by atoms with van der Waals surface area (Å²) in [6, 6.07) is 5.02. The molecule has 0 fully saturated rings. The molecule has 5 nitrogen and oxygen atoms in total. The lowest BCUT2D eigenvalue weighted by Gasteiger charge is -2.21. The Hall–Kier alpha value is -2.57. The number of para-hydroxylation sites is 1. The molecule has 0 saturated heterocycles. The summed E-state index contributed by atoms with van der Waals surface area (Å²) in [4.78, 5) is 22.2. The Bertz CT molecular complexity index is 682. The van der Waals surface area contributed by atoms with E-state index in [4.69, 9.17) is 0 Å². The van der Waals surface area contributed by atoms with Crippen LogP contribution >= 0.6 is 0 Å². The predicted molar refractivity (Wildman–Crippen MR) is 88.2 cm³/mol. The number of amides is 1. The Balaban J connectivity index is 2.23. The molecule has 1 aromatic carbocycles. The van der Waals surface area contributed by atoms with E-state index in [1.165, 1.54) is 18.3 Å². The predicted octanol–water partition coefficient (Wildman–Crippen LogP) is 3.76. The first-order valence-electron chi connectivity index (χ1n) is 7.90. The highest BCUT2D eigenvalue weighted by molar-refractivity contribution is 5.92. The minimum absolute atomic E-state index is 0.0298. The molecule has 128 valence electrons. The second-order valence-corrected chi connectivity index (χ2v) is 5.28. The maximum Gasteiger partial charge on any atom is 0.272 e. The van der Waals surface area contributed by atoms with Gasteiger partial charge in [0.1, 0.15) is 23.0 Å². The zero-order valence-corrected chi connectivity index (χ0v) is 13.7. The van der Waals surface area contributed by atoms with Gasteiger partial charge >= 0.3 is 0 Å². The number of halogens is 2. The number of nitrogens with one attached hydrogen (secondary N) is 1. The number of aromatic nitrogens is 2. The number of nitrogens with zero attached hydrogens (tertiary/aromatic N) is 3. The van der Waals surface area contributed by atoms with Gasteiger partial charge in [-0.15, -0.1) is 0 Å². The molecule has 0 aliphatic rings. The van der Waals surface area contributed by atoms with Crippen LogP contribution in [0.25, 0.3) is 0 Å². The quantitative estimate of drug-likeness (QED) is 0.837. The molecule has 24 heavy (non-hydrogen) atoms. The van der Waals surface area contributed by atoms with Crippen LogP contribution in [0.15, 0.2) is 30.5 Å². The Labute approximate surface area is 139 Å². The third-order valence-corrected chi connectivity index (χ3v) is 3.35. The van der Waals surface area contributed by atoms with Gasteiger partial charge in [-0.3, -0.25) is 4.79 Å². The van der Waals surface area contributed by atoms with Crippen molar-refractivity contribution in [3.63, 3.8) is 0 Å². The third-order valence-electron chi connectivity index (χ3n) is 3.35. The summed E-state index contributed by atoms with van der Waals surface area (Å²) in [7, 11) is 0. The number of carbonyl (C=O) groups excluding carboxylic acids is 1. The number of anilines is 2. The largest absolute Gasteiger partial charge is 0.337 e. The van der Waals surface area contributed by atoms with Gasteiger partial charge in [0.15, 0.2) is 0 Å². The standard InChI is InChI=1S/C17H20F2N4O/c1-3-10-23(11-4-2)16(24)14-8-9-20-17(21-14)22-15-12(18)6-5-7-13(15)19/h5-9H,3-4,10-11H2,1-2H3,(H,20,21,22). The van der Waals surface area contributed by atoms with Crippen LogP contribution in [-0.4, -0.2) is 33.9 Å². The summed E-state index contributed by atoms with van der Waals surface area (Å²) in [5.74, 6) is -1.77. The van der Waals surface area contributed by atoms with Crippen molar-refractivity contribution in [1.82, 2.24) is 14.9 Å². The summed E-state index contributed by atoms with van der Waals surface area (Å²) in [6.45, 7) is 5.23. The maximum absolute atomic E-state index is 13.7. The fraction of sp³-hybridized carbons (Fsp3) is 0.353. The van der Waals surface area contributed by atoms with Crippen LogP contribution in [0.5, 0.6) is 0 Å². The van der Waals surface area contributed by atoms with Gasteiger partial charge < -0.3 is 10.2 Å². The van der Waals surface area contributed by atoms with Crippen LogP contribution in [0, 0.1) is 11.6 Å². The summed E-state index contributed by atoms with van der Waals surface area (Å²) in [5, 5.41) is 2.50. The van der Waals surface area contributed by atoms with Gasteiger partial charge in [0, 0.05) is 19.3 Å². The van der Waals surface area contributed by atoms with Gasteiger partial charge in [-0.2, -0.15) is 0 Å². The number of carbonyl (C=O) groups is 1. The van der Waals surface area contributed by atoms with Crippen LogP contribution in [-0.2, 0) is 0 Å². The third kappa shape index (κ3) is 4.24. The number of hydrogen-bond donors (Lipinski definition) is 1. The van der Waals surface area contributed by atoms with E-state index >= 15 is 0 Å². The van der Waals surface area contributed by atoms with E-state index < -0.39 is 11.6 Å². The molecule has 2 rings (SSSR count). The highest BCUT2D eigenvalue weighted by Crippen LogP contribution is 2.21. The Kier molecular flexibility index (Phi) is 6.17. The number of benzene rings is 1. The molecular weight excluding hydrogens is 314 g/mol. The van der Waals surface area contributed by atoms with Crippen LogP contribution < -0.4 is 5.32 Å². The summed E-state index contributed by atoms with van der Waals surface area (Å²) < 4.78 is 27.4. The van der Waals surface area contributed by atoms with Crippen molar-refractivity contribution in [2.75, 3.05) is 18.4 Å². The van der Waals surface area contributed by atoms with E-state index in [9.17, 15) is 13.6 Å². The van der Waals surface area contributed by atoms with Crippen LogP contribution in [0.1, 0.15) is 37.2 Å². The minimum Gasteiger partial charge on any atom is -0.337 e. The van der Waals surface area contributed by atoms with Crippen molar-refractivity contribution in [2.45, 2.75) is 26.7 Å². The van der Waals surface area contributed by atoms with Gasteiger partial charge in [0.05, 0.1) is 0 Å². The molecule has 1 amide bonds. The molecular formula is C17H20F2N4O. The van der Waals surface area contributed by atoms with Crippen molar-refractivity contribution in [3.8, 4) is 0 Å². The lowest BCUT2D eigenvalue weighted by atomic mass is 10.3. The van der Waals surface area contributed by atoms with E-state index in [0.29, 0.717) is 13.1 Å². The van der Waals surface area contributed by atoms with E-state index in [1.807, 2.05) is 13.8 Å². The van der Waals surface area contributed by atoms with Crippen molar-refractivity contribution >= 4 is 17.5 Å². The van der Waals surface area contributed by atoms with Crippen molar-refractivity contribution in [3.05, 3.63) is 47.8 Å². The van der Waals surface area contributed by atoms with Crippen molar-refractivity contribution in [2.24, 2.45) is 0 Å². The van der Waals surface area contributed by atoms with Crippen LogP contribution in [0.3, 0.4) is 0 Å². The second kappa shape index (κ2) is 8.33. The molecule has 7 heteroatoms. The summed E-state index contributed by atoms with van der Waals surface area (Å²) >= 11 is 0. The first kappa shape index (κ1) is 17.8. The molecule has 0 spiro atoms. The zero-order chi connectivity index (χ0) is 17.5. The monoisotopic (exact) mass is 334 g/mol. The van der Waals surface area contributed by atoms with E-state index in [1.54, 1.807) is 4.90 Å². The van der Waals surface area contributed by atoms with Gasteiger partial charge in [0.2, 0.25) is 5.95 Å². The topological polar surface area (TPSA) is 58.1 Å². The summed E-state index contributed by atoms with van der Waals surface area (Å²) in [6.07, 6.45) is 3.06. The normalized spacial score (nSPS) is 10.5. The fourth-order valence-electron chi connectivity index (χ4n) is 2.28. The lowest BCUT2D eigenvalue weighted by Crippen LogP contribution is -2.33. The smallest absolute Gasteiger partial charge is 0.272 e. The molecule has 1 N–H and O–H groups in total. The second-order valence-electron chi connectivity index (χ2n) is 5.28. The number of hydrogen-bond acceptors (Lipinski definition) is 4. The van der Waals surface area contributed by atoms with E-state index in [2.05, 4.69) is 15.3 Å². The van der Waals surface area contributed by atoms with E-state index in [-0.39, 0.29) is 23.2 Å². The molecule has 1 aromatic heterocycles. The Morgan fingerprint density at radius 2 is 1.75 bits per heavy atom. The van der Waals surface area contributed by atoms with Crippen molar-refractivity contribution in [1.29, 1.82) is 0 Å². The van der Waals surface area contributed by atoms with E-state index in [0.717, 1.165) is 25.0 Å². The Morgan fingerprint density at radius 3 is 2.33 bits per heavy atom. The molecule has 0 saturated carbocycles. The first-order chi connectivity index (χ1) is 11.6. The SMILES string of the molecule is CCCN(CCC)C(=O)c1ccnc(Nc2c(F)cccc2F)n1. The molecule has 0 aliphatic carbocycles. The Morgan fingerprint density at radius 1 is 1.12 bits per heavy atom. The minimum atomic E-state index is -0.756. The van der Waals surface area contributed by atoms with Gasteiger partial charge in [0.25, 0.3) is 5.91 Å². The maximum atomic E-state index is 13.7. The zero-order valence-electron chi connectivity index (χ0n) is 13.7. The average Bonchev–Trinajstić information content (AvgIpc) is 2.58. The highest BCUT2D eigenvalue weighted by atomic mass is 19.1. The molecule has 0 unspecified atom stereocenters. The lowest BCUT2D eigenvalue weighted by molar-refractivity contribution is 0.0749. The fourth-order valence-corrected chi connectivity index (χ4v) is 2.28. The summed E-state index contributed by atoms with van der Waals surface area (Å²) in [5.41, 5.74) is -0.160. The molecule has 0 aliphatic heterocycles. The average molecular weight is 334 g/mol. The molecule has 1 heterocycles. The van der Waals surface area contributed by atoms with Gasteiger partial charge in [-0.05, 0) is 31.0 Å². The van der Waals surface area contributed by atoms with Crippen LogP contribution in [0.2, 0.25) is 0 Å².